The number of aromatic nitrogens is 3. The summed E-state index contributed by atoms with van der Waals surface area (Å²) in [6, 6.07) is 7.76. The maximum absolute atomic E-state index is 11.3. The standard InChI is InChI=1S/C20H30N4O2/c1-14(2)19-22-21-18(23(19)4)13-24-12-6-7-17(24)20(3,25)15-8-10-16(26-5)11-9-15/h8-11,14,17,25H,6-7,12-13H2,1-5H3/t17-,20+/m1/s1. The third kappa shape index (κ3) is 3.48. The molecule has 0 bridgehead atoms. The van der Waals surface area contributed by atoms with Gasteiger partial charge in [0.2, 0.25) is 0 Å². The molecule has 0 amide bonds. The Morgan fingerprint density at radius 3 is 2.54 bits per heavy atom. The highest BCUT2D eigenvalue weighted by Crippen LogP contribution is 2.36. The van der Waals surface area contributed by atoms with Gasteiger partial charge in [0, 0.05) is 19.0 Å². The van der Waals surface area contributed by atoms with Crippen molar-refractivity contribution in [1.82, 2.24) is 19.7 Å². The smallest absolute Gasteiger partial charge is 0.146 e. The van der Waals surface area contributed by atoms with Crippen LogP contribution < -0.4 is 4.74 Å². The van der Waals surface area contributed by atoms with Crippen LogP contribution in [0.25, 0.3) is 0 Å². The van der Waals surface area contributed by atoms with Crippen LogP contribution in [0.3, 0.4) is 0 Å². The lowest BCUT2D eigenvalue weighted by molar-refractivity contribution is -0.0263. The van der Waals surface area contributed by atoms with Gasteiger partial charge in [-0.05, 0) is 44.0 Å². The zero-order chi connectivity index (χ0) is 18.9. The first-order chi connectivity index (χ1) is 12.3. The van der Waals surface area contributed by atoms with Crippen LogP contribution in [0.5, 0.6) is 5.75 Å². The predicted octanol–water partition coefficient (Wildman–Crippen LogP) is 2.82. The van der Waals surface area contributed by atoms with Crippen molar-refractivity contribution < 1.29 is 9.84 Å². The number of benzene rings is 1. The van der Waals surface area contributed by atoms with Crippen LogP contribution in [0.2, 0.25) is 0 Å². The number of rotatable bonds is 6. The molecule has 6 heteroatoms. The van der Waals surface area contributed by atoms with Crippen molar-refractivity contribution in [2.75, 3.05) is 13.7 Å². The van der Waals surface area contributed by atoms with Gasteiger partial charge in [0.25, 0.3) is 0 Å². The molecule has 2 heterocycles. The van der Waals surface area contributed by atoms with Crippen molar-refractivity contribution in [3.8, 4) is 5.75 Å². The molecule has 3 rings (SSSR count). The fourth-order valence-corrected chi connectivity index (χ4v) is 3.97. The molecule has 1 aromatic heterocycles. The minimum atomic E-state index is -0.928. The summed E-state index contributed by atoms with van der Waals surface area (Å²) >= 11 is 0. The zero-order valence-corrected chi connectivity index (χ0v) is 16.4. The van der Waals surface area contributed by atoms with E-state index in [1.165, 1.54) is 0 Å². The van der Waals surface area contributed by atoms with Gasteiger partial charge in [-0.3, -0.25) is 4.90 Å². The lowest BCUT2D eigenvalue weighted by Crippen LogP contribution is -2.45. The molecule has 1 fully saturated rings. The maximum atomic E-state index is 11.3. The van der Waals surface area contributed by atoms with E-state index in [-0.39, 0.29) is 6.04 Å². The first-order valence-corrected chi connectivity index (χ1v) is 9.33. The summed E-state index contributed by atoms with van der Waals surface area (Å²) in [5.41, 5.74) is -0.0153. The highest BCUT2D eigenvalue weighted by molar-refractivity contribution is 5.31. The highest BCUT2D eigenvalue weighted by atomic mass is 16.5. The van der Waals surface area contributed by atoms with Gasteiger partial charge < -0.3 is 14.4 Å². The first-order valence-electron chi connectivity index (χ1n) is 9.33. The molecule has 0 spiro atoms. The summed E-state index contributed by atoms with van der Waals surface area (Å²) in [5, 5.41) is 20.1. The monoisotopic (exact) mass is 358 g/mol. The van der Waals surface area contributed by atoms with Crippen LogP contribution in [-0.2, 0) is 19.2 Å². The molecule has 1 N–H and O–H groups in total. The lowest BCUT2D eigenvalue weighted by atomic mass is 9.86. The fourth-order valence-electron chi connectivity index (χ4n) is 3.97. The largest absolute Gasteiger partial charge is 0.497 e. The summed E-state index contributed by atoms with van der Waals surface area (Å²) in [4.78, 5) is 2.33. The van der Waals surface area contributed by atoms with Crippen molar-refractivity contribution in [3.63, 3.8) is 0 Å². The van der Waals surface area contributed by atoms with Crippen molar-refractivity contribution in [3.05, 3.63) is 41.5 Å². The summed E-state index contributed by atoms with van der Waals surface area (Å²) in [6.07, 6.45) is 2.04. The van der Waals surface area contributed by atoms with Gasteiger partial charge in [0.1, 0.15) is 23.0 Å². The van der Waals surface area contributed by atoms with Crippen molar-refractivity contribution >= 4 is 0 Å². The first kappa shape index (κ1) is 18.9. The molecule has 0 radical (unpaired) electrons. The number of likely N-dealkylation sites (tertiary alicyclic amines) is 1. The normalized spacial score (nSPS) is 20.5. The quantitative estimate of drug-likeness (QED) is 0.860. The Labute approximate surface area is 155 Å². The summed E-state index contributed by atoms with van der Waals surface area (Å²) in [7, 11) is 3.68. The molecule has 6 nitrogen and oxygen atoms in total. The Balaban J connectivity index is 1.80. The van der Waals surface area contributed by atoms with Crippen LogP contribution >= 0.6 is 0 Å². The molecule has 1 aromatic carbocycles. The minimum absolute atomic E-state index is 0.0510. The van der Waals surface area contributed by atoms with E-state index in [0.29, 0.717) is 12.5 Å². The SMILES string of the molecule is COc1ccc([C@](C)(O)[C@H]2CCCN2Cc2nnc(C(C)C)n2C)cc1. The molecule has 0 unspecified atom stereocenters. The van der Waals surface area contributed by atoms with E-state index in [2.05, 4.69) is 33.5 Å². The zero-order valence-electron chi connectivity index (χ0n) is 16.4. The third-order valence-electron chi connectivity index (χ3n) is 5.55. The van der Waals surface area contributed by atoms with Gasteiger partial charge in [-0.1, -0.05) is 26.0 Å². The van der Waals surface area contributed by atoms with Gasteiger partial charge in [0.05, 0.1) is 13.7 Å². The average molecular weight is 358 g/mol. The van der Waals surface area contributed by atoms with Crippen molar-refractivity contribution in [2.24, 2.45) is 7.05 Å². The average Bonchev–Trinajstić information content (AvgIpc) is 3.23. The van der Waals surface area contributed by atoms with Crippen LogP contribution in [0, 0.1) is 0 Å². The summed E-state index contributed by atoms with van der Waals surface area (Å²) in [6.45, 7) is 7.82. The molecule has 2 aromatic rings. The van der Waals surface area contributed by atoms with Crippen LogP contribution in [0.15, 0.2) is 24.3 Å². The molecule has 142 valence electrons. The Morgan fingerprint density at radius 2 is 1.96 bits per heavy atom. The number of ether oxygens (including phenoxy) is 1. The van der Waals surface area contributed by atoms with Crippen LogP contribution in [0.1, 0.15) is 56.7 Å². The number of hydrogen-bond acceptors (Lipinski definition) is 5. The molecule has 1 aliphatic heterocycles. The fraction of sp³-hybridized carbons (Fsp3) is 0.600. The Kier molecular flexibility index (Phi) is 5.34. The van der Waals surface area contributed by atoms with E-state index in [9.17, 15) is 5.11 Å². The van der Waals surface area contributed by atoms with Crippen LogP contribution in [-0.4, -0.2) is 44.5 Å². The van der Waals surface area contributed by atoms with Gasteiger partial charge in [0.15, 0.2) is 0 Å². The number of aliphatic hydroxyl groups is 1. The minimum Gasteiger partial charge on any atom is -0.497 e. The Morgan fingerprint density at radius 1 is 1.27 bits per heavy atom. The molecule has 1 aliphatic rings. The van der Waals surface area contributed by atoms with Crippen molar-refractivity contribution in [1.29, 1.82) is 0 Å². The van der Waals surface area contributed by atoms with E-state index >= 15 is 0 Å². The van der Waals surface area contributed by atoms with E-state index < -0.39 is 5.60 Å². The van der Waals surface area contributed by atoms with E-state index in [1.807, 2.05) is 38.2 Å². The molecule has 26 heavy (non-hydrogen) atoms. The number of hydrogen-bond donors (Lipinski definition) is 1. The molecule has 1 saturated heterocycles. The Hall–Kier alpha value is -1.92. The summed E-state index contributed by atoms with van der Waals surface area (Å²) < 4.78 is 7.32. The second-order valence-electron chi connectivity index (χ2n) is 7.69. The van der Waals surface area contributed by atoms with Crippen LogP contribution in [0.4, 0.5) is 0 Å². The molecule has 0 aliphatic carbocycles. The molecule has 0 saturated carbocycles. The second kappa shape index (κ2) is 7.37. The van der Waals surface area contributed by atoms with Gasteiger partial charge in [-0.2, -0.15) is 0 Å². The predicted molar refractivity (Wildman–Crippen MR) is 101 cm³/mol. The van der Waals surface area contributed by atoms with Gasteiger partial charge in [-0.25, -0.2) is 0 Å². The summed E-state index contributed by atoms with van der Waals surface area (Å²) in [5.74, 6) is 3.09. The molecule has 2 atom stereocenters. The van der Waals surface area contributed by atoms with Gasteiger partial charge >= 0.3 is 0 Å². The highest BCUT2D eigenvalue weighted by Gasteiger charge is 2.41. The topological polar surface area (TPSA) is 63.4 Å². The molecular formula is C20H30N4O2. The van der Waals surface area contributed by atoms with E-state index in [4.69, 9.17) is 4.74 Å². The number of nitrogens with zero attached hydrogens (tertiary/aromatic N) is 4. The van der Waals surface area contributed by atoms with E-state index in [0.717, 1.165) is 42.3 Å². The second-order valence-corrected chi connectivity index (χ2v) is 7.69. The lowest BCUT2D eigenvalue weighted by Gasteiger charge is -2.36. The Bertz CT molecular complexity index is 737. The van der Waals surface area contributed by atoms with Gasteiger partial charge in [-0.15, -0.1) is 10.2 Å². The molecular weight excluding hydrogens is 328 g/mol. The third-order valence-corrected chi connectivity index (χ3v) is 5.55. The van der Waals surface area contributed by atoms with E-state index in [1.54, 1.807) is 7.11 Å². The maximum Gasteiger partial charge on any atom is 0.146 e. The number of methoxy groups -OCH3 is 1. The van der Waals surface area contributed by atoms with Crippen molar-refractivity contribution in [2.45, 2.75) is 57.7 Å².